The lowest BCUT2D eigenvalue weighted by molar-refractivity contribution is -0.166. The number of amides is 1. The van der Waals surface area contributed by atoms with Crippen molar-refractivity contribution < 1.29 is 9.53 Å². The summed E-state index contributed by atoms with van der Waals surface area (Å²) >= 11 is 11.8. The van der Waals surface area contributed by atoms with Crippen LogP contribution in [0.3, 0.4) is 0 Å². The van der Waals surface area contributed by atoms with Gasteiger partial charge in [0.1, 0.15) is 17.6 Å². The van der Waals surface area contributed by atoms with E-state index in [1.54, 1.807) is 0 Å². The second kappa shape index (κ2) is 5.68. The fourth-order valence-electron chi connectivity index (χ4n) is 2.49. The van der Waals surface area contributed by atoms with E-state index in [4.69, 9.17) is 33.7 Å². The molecule has 1 saturated carbocycles. The first-order chi connectivity index (χ1) is 9.74. The van der Waals surface area contributed by atoms with Crippen LogP contribution < -0.4 is 11.1 Å². The maximum atomic E-state index is 12.5. The Morgan fingerprint density at radius 3 is 2.52 bits per heavy atom. The van der Waals surface area contributed by atoms with E-state index >= 15 is 0 Å². The van der Waals surface area contributed by atoms with Gasteiger partial charge in [0.05, 0.1) is 6.10 Å². The molecule has 2 atom stereocenters. The van der Waals surface area contributed by atoms with Crippen molar-refractivity contribution in [2.45, 2.75) is 38.8 Å². The predicted octanol–water partition coefficient (Wildman–Crippen LogP) is 2.25. The number of hydrogen-bond donors (Lipinski definition) is 2. The zero-order valence-corrected chi connectivity index (χ0v) is 13.6. The molecule has 0 spiro atoms. The molecule has 6 nitrogen and oxygen atoms in total. The van der Waals surface area contributed by atoms with Gasteiger partial charge in [0.15, 0.2) is 10.3 Å². The minimum Gasteiger partial charge on any atom is -0.378 e. The Balaban J connectivity index is 2.18. The van der Waals surface area contributed by atoms with E-state index in [1.165, 1.54) is 6.33 Å². The third kappa shape index (κ3) is 2.61. The molecule has 1 amide bonds. The zero-order chi connectivity index (χ0) is 15.8. The molecule has 1 fully saturated rings. The maximum absolute atomic E-state index is 12.5. The number of nitrogens with two attached hydrogens (primary N) is 1. The van der Waals surface area contributed by atoms with E-state index in [1.807, 2.05) is 20.8 Å². The Bertz CT molecular complexity index is 547. The van der Waals surface area contributed by atoms with Crippen LogP contribution in [0, 0.1) is 5.41 Å². The van der Waals surface area contributed by atoms with Crippen molar-refractivity contribution in [3.8, 4) is 0 Å². The highest BCUT2D eigenvalue weighted by atomic mass is 35.5. The molecule has 2 rings (SSSR count). The number of carbonyl (C=O) groups is 1. The zero-order valence-electron chi connectivity index (χ0n) is 12.1. The summed E-state index contributed by atoms with van der Waals surface area (Å²) in [6, 6.07) is 0. The maximum Gasteiger partial charge on any atom is 0.245 e. The Morgan fingerprint density at radius 1 is 1.48 bits per heavy atom. The van der Waals surface area contributed by atoms with Crippen LogP contribution in [0.5, 0.6) is 0 Å². The summed E-state index contributed by atoms with van der Waals surface area (Å²) in [4.78, 5) is 20.1. The Morgan fingerprint density at radius 2 is 2.05 bits per heavy atom. The highest BCUT2D eigenvalue weighted by Crippen LogP contribution is 2.50. The molecule has 0 saturated heterocycles. The normalized spacial score (nSPS) is 27.0. The molecular weight excluding hydrogens is 315 g/mol. The first kappa shape index (κ1) is 16.4. The van der Waals surface area contributed by atoms with Gasteiger partial charge in [0.25, 0.3) is 0 Å². The van der Waals surface area contributed by atoms with Crippen LogP contribution in [-0.2, 0) is 9.53 Å². The smallest absolute Gasteiger partial charge is 0.245 e. The van der Waals surface area contributed by atoms with Gasteiger partial charge in [-0.3, -0.25) is 4.79 Å². The number of anilines is 1. The van der Waals surface area contributed by atoms with E-state index in [0.29, 0.717) is 13.0 Å². The van der Waals surface area contributed by atoms with Gasteiger partial charge < -0.3 is 15.8 Å². The third-order valence-corrected chi connectivity index (χ3v) is 4.80. The molecule has 0 radical (unpaired) electrons. The van der Waals surface area contributed by atoms with Crippen LogP contribution in [-0.4, -0.2) is 34.1 Å². The molecular formula is C13H18Cl2N4O2. The number of halogens is 2. The lowest BCUT2D eigenvalue weighted by Gasteiger charge is -2.57. The summed E-state index contributed by atoms with van der Waals surface area (Å²) in [5.41, 5.74) is 4.89. The summed E-state index contributed by atoms with van der Waals surface area (Å²) < 4.78 is 5.60. The number of nitrogens with zero attached hydrogens (tertiary/aromatic N) is 2. The molecule has 0 aromatic carbocycles. The second-order valence-corrected chi connectivity index (χ2v) is 6.34. The lowest BCUT2D eigenvalue weighted by Crippen LogP contribution is -2.74. The SMILES string of the molecule is CCOC1CC(N)(C(=O)Nc2c(Cl)ncnc2Cl)C1(C)C. The molecule has 1 aliphatic rings. The van der Waals surface area contributed by atoms with Crippen LogP contribution in [0.15, 0.2) is 6.33 Å². The van der Waals surface area contributed by atoms with Gasteiger partial charge in [-0.05, 0) is 6.92 Å². The summed E-state index contributed by atoms with van der Waals surface area (Å²) in [6.07, 6.45) is 1.59. The van der Waals surface area contributed by atoms with Crippen LogP contribution in [0.1, 0.15) is 27.2 Å². The van der Waals surface area contributed by atoms with Crippen LogP contribution in [0.25, 0.3) is 0 Å². The molecule has 116 valence electrons. The van der Waals surface area contributed by atoms with Gasteiger partial charge in [-0.25, -0.2) is 9.97 Å². The minimum atomic E-state index is -1.06. The van der Waals surface area contributed by atoms with E-state index in [-0.39, 0.29) is 28.0 Å². The Hall–Kier alpha value is -0.950. The van der Waals surface area contributed by atoms with Crippen molar-refractivity contribution in [3.63, 3.8) is 0 Å². The average molecular weight is 333 g/mol. The van der Waals surface area contributed by atoms with Crippen LogP contribution in [0.4, 0.5) is 5.69 Å². The summed E-state index contributed by atoms with van der Waals surface area (Å²) in [5, 5.41) is 2.78. The first-order valence-corrected chi connectivity index (χ1v) is 7.37. The summed E-state index contributed by atoms with van der Waals surface area (Å²) in [7, 11) is 0. The molecule has 1 aliphatic carbocycles. The van der Waals surface area contributed by atoms with Gasteiger partial charge in [0, 0.05) is 18.4 Å². The van der Waals surface area contributed by atoms with Gasteiger partial charge in [-0.1, -0.05) is 37.0 Å². The molecule has 2 unspecified atom stereocenters. The molecule has 21 heavy (non-hydrogen) atoms. The van der Waals surface area contributed by atoms with Crippen molar-refractivity contribution in [1.29, 1.82) is 0 Å². The number of aromatic nitrogens is 2. The highest BCUT2D eigenvalue weighted by molar-refractivity contribution is 6.38. The van der Waals surface area contributed by atoms with E-state index < -0.39 is 11.0 Å². The van der Waals surface area contributed by atoms with Crippen molar-refractivity contribution in [3.05, 3.63) is 16.6 Å². The van der Waals surface area contributed by atoms with Gasteiger partial charge in [0.2, 0.25) is 5.91 Å². The summed E-state index contributed by atoms with van der Waals surface area (Å²) in [6.45, 7) is 6.30. The number of nitrogens with one attached hydrogen (secondary N) is 1. The number of hydrogen-bond acceptors (Lipinski definition) is 5. The monoisotopic (exact) mass is 332 g/mol. The molecule has 3 N–H and O–H groups in total. The van der Waals surface area contributed by atoms with Gasteiger partial charge in [-0.15, -0.1) is 0 Å². The lowest BCUT2D eigenvalue weighted by atomic mass is 9.54. The van der Waals surface area contributed by atoms with E-state index in [9.17, 15) is 4.79 Å². The van der Waals surface area contributed by atoms with Gasteiger partial charge in [-0.2, -0.15) is 0 Å². The Labute approximate surface area is 133 Å². The fraction of sp³-hybridized carbons (Fsp3) is 0.615. The van der Waals surface area contributed by atoms with Gasteiger partial charge >= 0.3 is 0 Å². The quantitative estimate of drug-likeness (QED) is 0.825. The van der Waals surface area contributed by atoms with Crippen molar-refractivity contribution in [2.75, 3.05) is 11.9 Å². The molecule has 1 aromatic heterocycles. The standard InChI is InChI=1S/C13H18Cl2N4O2/c1-4-21-7-5-13(16,12(7,2)3)11(20)19-8-9(14)17-6-18-10(8)15/h6-7H,4-5,16H2,1-3H3,(H,19,20). The highest BCUT2D eigenvalue weighted by Gasteiger charge is 2.63. The molecule has 0 aliphatic heterocycles. The topological polar surface area (TPSA) is 90.1 Å². The predicted molar refractivity (Wildman–Crippen MR) is 81.4 cm³/mol. The molecule has 1 aromatic rings. The molecule has 8 heteroatoms. The fourth-order valence-corrected chi connectivity index (χ4v) is 2.90. The summed E-state index contributed by atoms with van der Waals surface area (Å²) in [5.74, 6) is -0.373. The van der Waals surface area contributed by atoms with Crippen LogP contribution in [0.2, 0.25) is 10.3 Å². The Kier molecular flexibility index (Phi) is 4.44. The first-order valence-electron chi connectivity index (χ1n) is 6.62. The van der Waals surface area contributed by atoms with E-state index in [0.717, 1.165) is 0 Å². The van der Waals surface area contributed by atoms with Crippen LogP contribution >= 0.6 is 23.2 Å². The van der Waals surface area contributed by atoms with Crippen molar-refractivity contribution in [1.82, 2.24) is 9.97 Å². The van der Waals surface area contributed by atoms with Crippen molar-refractivity contribution >= 4 is 34.8 Å². The number of rotatable bonds is 4. The van der Waals surface area contributed by atoms with E-state index in [2.05, 4.69) is 15.3 Å². The number of carbonyl (C=O) groups excluding carboxylic acids is 1. The average Bonchev–Trinajstić information content (AvgIpc) is 2.42. The second-order valence-electron chi connectivity index (χ2n) is 5.63. The van der Waals surface area contributed by atoms with Crippen molar-refractivity contribution in [2.24, 2.45) is 11.1 Å². The third-order valence-electron chi connectivity index (χ3n) is 4.23. The number of ether oxygens (including phenoxy) is 1. The molecule has 1 heterocycles. The molecule has 0 bridgehead atoms. The minimum absolute atomic E-state index is 0.0591. The largest absolute Gasteiger partial charge is 0.378 e.